The molecule has 0 unspecified atom stereocenters. The van der Waals surface area contributed by atoms with E-state index in [0.29, 0.717) is 0 Å². The van der Waals surface area contributed by atoms with E-state index in [9.17, 15) is 0 Å². The Labute approximate surface area is 89.9 Å². The molecule has 0 aromatic carbocycles. The first-order valence-corrected chi connectivity index (χ1v) is 3.20. The zero-order chi connectivity index (χ0) is 8.12. The van der Waals surface area contributed by atoms with Crippen molar-refractivity contribution < 1.29 is 42.9 Å². The van der Waals surface area contributed by atoms with Crippen LogP contribution in [0.25, 0.3) is 0 Å². The summed E-state index contributed by atoms with van der Waals surface area (Å²) in [6, 6.07) is 0. The third-order valence-electron chi connectivity index (χ3n) is 0. The van der Waals surface area contributed by atoms with E-state index < -0.39 is 0 Å². The second-order valence-corrected chi connectivity index (χ2v) is 1.21. The molecule has 0 aromatic heterocycles. The number of hydrogen-bond acceptors (Lipinski definition) is 2. The van der Waals surface area contributed by atoms with Gasteiger partial charge in [0.1, 0.15) is 0 Å². The summed E-state index contributed by atoms with van der Waals surface area (Å²) in [5.74, 6) is 0. The number of aliphatic hydroxyl groups excluding tert-OH is 2. The maximum Gasteiger partial charge on any atom is 0.0402 e. The van der Waals surface area contributed by atoms with Crippen molar-refractivity contribution >= 4 is 0 Å². The SMILES string of the molecule is CCO.CCO.C[CH-]C.[Y]. The predicted octanol–water partition coefficient (Wildman–Crippen LogP) is 1.23. The molecule has 2 nitrogen and oxygen atoms in total. The molecule has 0 aliphatic carbocycles. The van der Waals surface area contributed by atoms with Crippen molar-refractivity contribution in [2.75, 3.05) is 13.2 Å². The number of rotatable bonds is 0. The fourth-order valence-electron chi connectivity index (χ4n) is 0. The molecule has 0 heterocycles. The Kier molecular flexibility index (Phi) is 113. The van der Waals surface area contributed by atoms with Crippen LogP contribution < -0.4 is 0 Å². The van der Waals surface area contributed by atoms with Crippen LogP contribution >= 0.6 is 0 Å². The Bertz CT molecular complexity index is 16.3. The molecule has 0 atom stereocenters. The van der Waals surface area contributed by atoms with Crippen LogP contribution in [0.2, 0.25) is 0 Å². The summed E-state index contributed by atoms with van der Waals surface area (Å²) in [5, 5.41) is 15.1. The van der Waals surface area contributed by atoms with Crippen molar-refractivity contribution in [3.05, 3.63) is 6.42 Å². The summed E-state index contributed by atoms with van der Waals surface area (Å²) in [7, 11) is 0. The molecule has 0 aromatic rings. The van der Waals surface area contributed by atoms with Crippen molar-refractivity contribution in [2.24, 2.45) is 0 Å². The molecular weight excluding hydrogens is 205 g/mol. The monoisotopic (exact) mass is 224 g/mol. The summed E-state index contributed by atoms with van der Waals surface area (Å²) in [6.07, 6.45) is 2.00. The molecule has 0 bridgehead atoms. The summed E-state index contributed by atoms with van der Waals surface area (Å²) in [6.45, 7) is 7.86. The smallest absolute Gasteiger partial charge is 0.0402 e. The van der Waals surface area contributed by atoms with E-state index in [1.165, 1.54) is 0 Å². The second kappa shape index (κ2) is 50.4. The Hall–Kier alpha value is 1.02. The average molecular weight is 224 g/mol. The van der Waals surface area contributed by atoms with Crippen LogP contribution in [-0.4, -0.2) is 23.4 Å². The Morgan fingerprint density at radius 2 is 1.00 bits per heavy atom. The molecule has 0 aliphatic rings. The quantitative estimate of drug-likeness (QED) is 0.607. The molecule has 1 radical (unpaired) electrons. The molecule has 10 heavy (non-hydrogen) atoms. The van der Waals surface area contributed by atoms with Gasteiger partial charge in [0.15, 0.2) is 0 Å². The summed E-state index contributed by atoms with van der Waals surface area (Å²) in [4.78, 5) is 0. The van der Waals surface area contributed by atoms with Crippen LogP contribution in [0.4, 0.5) is 0 Å². The zero-order valence-corrected chi connectivity index (χ0v) is 10.3. The number of aliphatic hydroxyl groups is 2. The van der Waals surface area contributed by atoms with Gasteiger partial charge in [0.05, 0.1) is 0 Å². The molecule has 2 N–H and O–H groups in total. The van der Waals surface area contributed by atoms with Crippen LogP contribution in [0.1, 0.15) is 27.7 Å². The molecule has 0 aliphatic heterocycles. The first-order valence-electron chi connectivity index (χ1n) is 3.20. The maximum atomic E-state index is 7.57. The van der Waals surface area contributed by atoms with Gasteiger partial charge in [-0.15, -0.1) is 0 Å². The van der Waals surface area contributed by atoms with Crippen molar-refractivity contribution in [3.8, 4) is 0 Å². The topological polar surface area (TPSA) is 40.5 Å². The molecule has 0 amide bonds. The Balaban J connectivity index is -0.0000000257. The van der Waals surface area contributed by atoms with Gasteiger partial charge >= 0.3 is 0 Å². The van der Waals surface area contributed by atoms with Gasteiger partial charge in [-0.3, -0.25) is 0 Å². The Morgan fingerprint density at radius 1 is 1.00 bits per heavy atom. The average Bonchev–Trinajstić information content (AvgIpc) is 1.70. The minimum atomic E-state index is 0. The molecule has 3 heteroatoms. The van der Waals surface area contributed by atoms with Gasteiger partial charge in [0.2, 0.25) is 0 Å². The normalized spacial score (nSPS) is 5.40. The Morgan fingerprint density at radius 3 is 1.00 bits per heavy atom. The molecule has 0 saturated heterocycles. The van der Waals surface area contributed by atoms with Crippen molar-refractivity contribution in [2.45, 2.75) is 27.7 Å². The van der Waals surface area contributed by atoms with Crippen LogP contribution in [0.15, 0.2) is 0 Å². The standard InChI is InChI=1S/C3H7.2C2H6O.Y/c1-3-2;2*1-2-3;/h3H,1-2H3;2*3H,2H2,1H3;/q-1;;;. The van der Waals surface area contributed by atoms with Crippen LogP contribution in [0.3, 0.4) is 0 Å². The van der Waals surface area contributed by atoms with Gasteiger partial charge in [-0.05, 0) is 13.8 Å². The zero-order valence-electron chi connectivity index (χ0n) is 7.46. The minimum Gasteiger partial charge on any atom is -0.397 e. The summed E-state index contributed by atoms with van der Waals surface area (Å²) >= 11 is 0. The third-order valence-corrected chi connectivity index (χ3v) is 0. The minimum absolute atomic E-state index is 0. The van der Waals surface area contributed by atoms with E-state index >= 15 is 0 Å². The van der Waals surface area contributed by atoms with Gasteiger partial charge in [0, 0.05) is 45.9 Å². The van der Waals surface area contributed by atoms with Crippen molar-refractivity contribution in [3.63, 3.8) is 0 Å². The molecule has 0 rings (SSSR count). The molecule has 63 valence electrons. The summed E-state index contributed by atoms with van der Waals surface area (Å²) in [5.41, 5.74) is 0. The predicted molar refractivity (Wildman–Crippen MR) is 41.2 cm³/mol. The van der Waals surface area contributed by atoms with Crippen molar-refractivity contribution in [1.29, 1.82) is 0 Å². The van der Waals surface area contributed by atoms with Gasteiger partial charge in [-0.2, -0.15) is 13.8 Å². The molecule has 0 spiro atoms. The molecule has 0 saturated carbocycles. The van der Waals surface area contributed by atoms with Gasteiger partial charge in [-0.25, -0.2) is 0 Å². The fraction of sp³-hybridized carbons (Fsp3) is 0.857. The first-order chi connectivity index (χ1) is 4.24. The third kappa shape index (κ3) is 554. The second-order valence-electron chi connectivity index (χ2n) is 1.21. The summed E-state index contributed by atoms with van der Waals surface area (Å²) < 4.78 is 0. The van der Waals surface area contributed by atoms with Crippen molar-refractivity contribution in [1.82, 2.24) is 0 Å². The van der Waals surface area contributed by atoms with E-state index in [0.717, 1.165) is 0 Å². The molecule has 0 fully saturated rings. The van der Waals surface area contributed by atoms with Gasteiger partial charge in [0.25, 0.3) is 0 Å². The van der Waals surface area contributed by atoms with E-state index in [2.05, 4.69) is 0 Å². The van der Waals surface area contributed by atoms with Crippen LogP contribution in [-0.2, 0) is 32.7 Å². The van der Waals surface area contributed by atoms with Crippen LogP contribution in [0, 0.1) is 6.42 Å². The van der Waals surface area contributed by atoms with Gasteiger partial charge in [-0.1, -0.05) is 0 Å². The molecular formula is C7H19O2Y-. The largest absolute Gasteiger partial charge is 0.397 e. The van der Waals surface area contributed by atoms with E-state index in [-0.39, 0.29) is 45.9 Å². The first kappa shape index (κ1) is 22.5. The van der Waals surface area contributed by atoms with E-state index in [1.807, 2.05) is 20.3 Å². The number of hydrogen-bond donors (Lipinski definition) is 2. The maximum absolute atomic E-state index is 7.57. The van der Waals surface area contributed by atoms with E-state index in [1.54, 1.807) is 13.8 Å². The van der Waals surface area contributed by atoms with E-state index in [4.69, 9.17) is 10.2 Å². The van der Waals surface area contributed by atoms with Crippen LogP contribution in [0.5, 0.6) is 0 Å². The van der Waals surface area contributed by atoms with Gasteiger partial charge < -0.3 is 16.6 Å². The fourth-order valence-corrected chi connectivity index (χ4v) is 0.